The van der Waals surface area contributed by atoms with E-state index in [9.17, 15) is 14.7 Å². The van der Waals surface area contributed by atoms with E-state index in [1.165, 1.54) is 16.9 Å². The molecular formula is C21H19NO3S. The molecule has 5 heteroatoms. The molecule has 0 spiro atoms. The van der Waals surface area contributed by atoms with Crippen molar-refractivity contribution in [3.8, 4) is 11.1 Å². The summed E-state index contributed by atoms with van der Waals surface area (Å²) in [4.78, 5) is 24.3. The monoisotopic (exact) mass is 365 g/mol. The molecule has 0 radical (unpaired) electrons. The van der Waals surface area contributed by atoms with Crippen molar-refractivity contribution in [2.75, 3.05) is 5.32 Å². The molecule has 3 rings (SSSR count). The summed E-state index contributed by atoms with van der Waals surface area (Å²) in [7, 11) is 0. The van der Waals surface area contributed by atoms with Gasteiger partial charge in [-0.3, -0.25) is 4.79 Å². The first-order valence-electron chi connectivity index (χ1n) is 8.31. The summed E-state index contributed by atoms with van der Waals surface area (Å²) in [6, 6.07) is 15.0. The van der Waals surface area contributed by atoms with Crippen molar-refractivity contribution in [1.82, 2.24) is 0 Å². The van der Waals surface area contributed by atoms with Gasteiger partial charge in [-0.2, -0.15) is 0 Å². The van der Waals surface area contributed by atoms with E-state index in [1.54, 1.807) is 23.6 Å². The van der Waals surface area contributed by atoms with Crippen molar-refractivity contribution >= 4 is 28.2 Å². The molecule has 0 aliphatic carbocycles. The zero-order valence-corrected chi connectivity index (χ0v) is 15.4. The predicted molar refractivity (Wildman–Crippen MR) is 105 cm³/mol. The van der Waals surface area contributed by atoms with Crippen LogP contribution in [0.15, 0.2) is 53.9 Å². The van der Waals surface area contributed by atoms with Crippen molar-refractivity contribution in [1.29, 1.82) is 0 Å². The van der Waals surface area contributed by atoms with Crippen LogP contribution in [0.2, 0.25) is 0 Å². The van der Waals surface area contributed by atoms with E-state index in [1.807, 2.05) is 37.3 Å². The molecule has 0 unspecified atom stereocenters. The third-order valence-corrected chi connectivity index (χ3v) is 5.08. The Morgan fingerprint density at radius 2 is 1.85 bits per heavy atom. The van der Waals surface area contributed by atoms with Gasteiger partial charge >= 0.3 is 5.97 Å². The highest BCUT2D eigenvalue weighted by Crippen LogP contribution is 2.36. The van der Waals surface area contributed by atoms with E-state index in [0.717, 1.165) is 17.5 Å². The van der Waals surface area contributed by atoms with Crippen LogP contribution in [0, 0.1) is 6.92 Å². The summed E-state index contributed by atoms with van der Waals surface area (Å²) in [5, 5.41) is 14.5. The Balaban J connectivity index is 1.94. The van der Waals surface area contributed by atoms with Gasteiger partial charge in [-0.15, -0.1) is 11.3 Å². The minimum absolute atomic E-state index is 0.125. The van der Waals surface area contributed by atoms with Crippen LogP contribution in [0.1, 0.15) is 38.8 Å². The van der Waals surface area contributed by atoms with E-state index < -0.39 is 5.97 Å². The average molecular weight is 365 g/mol. The van der Waals surface area contributed by atoms with Gasteiger partial charge in [-0.25, -0.2) is 4.79 Å². The Hall–Kier alpha value is -2.92. The zero-order valence-electron chi connectivity index (χ0n) is 14.6. The van der Waals surface area contributed by atoms with E-state index in [0.29, 0.717) is 16.1 Å². The molecule has 4 nitrogen and oxygen atoms in total. The van der Waals surface area contributed by atoms with E-state index >= 15 is 0 Å². The van der Waals surface area contributed by atoms with E-state index in [-0.39, 0.29) is 11.5 Å². The Bertz CT molecular complexity index is 958. The lowest BCUT2D eigenvalue weighted by atomic mass is 10.0. The van der Waals surface area contributed by atoms with E-state index in [4.69, 9.17) is 0 Å². The van der Waals surface area contributed by atoms with Crippen LogP contribution < -0.4 is 5.32 Å². The number of aromatic carboxylic acids is 1. The van der Waals surface area contributed by atoms with Gasteiger partial charge in [-0.1, -0.05) is 48.9 Å². The van der Waals surface area contributed by atoms with Crippen molar-refractivity contribution in [3.05, 3.63) is 76.2 Å². The van der Waals surface area contributed by atoms with Gasteiger partial charge in [0.2, 0.25) is 0 Å². The smallest absolute Gasteiger partial charge is 0.339 e. The summed E-state index contributed by atoms with van der Waals surface area (Å²) in [6.45, 7) is 3.98. The molecule has 0 aliphatic heterocycles. The van der Waals surface area contributed by atoms with Crippen LogP contribution in [0.3, 0.4) is 0 Å². The van der Waals surface area contributed by atoms with Crippen LogP contribution in [-0.4, -0.2) is 17.0 Å². The second-order valence-electron chi connectivity index (χ2n) is 6.03. The van der Waals surface area contributed by atoms with Crippen molar-refractivity contribution < 1.29 is 14.7 Å². The average Bonchev–Trinajstić information content (AvgIpc) is 3.05. The fourth-order valence-corrected chi connectivity index (χ4v) is 3.71. The first-order valence-corrected chi connectivity index (χ1v) is 9.19. The molecule has 2 aromatic carbocycles. The highest BCUT2D eigenvalue weighted by molar-refractivity contribution is 7.15. The lowest BCUT2D eigenvalue weighted by molar-refractivity contribution is 0.0699. The topological polar surface area (TPSA) is 66.4 Å². The molecule has 0 saturated heterocycles. The largest absolute Gasteiger partial charge is 0.478 e. The number of rotatable bonds is 5. The minimum Gasteiger partial charge on any atom is -0.478 e. The molecule has 1 amide bonds. The highest BCUT2D eigenvalue weighted by Gasteiger charge is 2.21. The number of amides is 1. The molecule has 0 saturated carbocycles. The Kier molecular flexibility index (Phi) is 5.19. The SMILES string of the molecule is CCc1ccc(-c2csc(NC(=O)c3cccc(C)c3)c2C(=O)O)cc1. The maximum atomic E-state index is 12.5. The zero-order chi connectivity index (χ0) is 18.7. The number of benzene rings is 2. The number of nitrogens with one attached hydrogen (secondary N) is 1. The standard InChI is InChI=1S/C21H19NO3S/c1-3-14-7-9-15(10-8-14)17-12-26-20(18(17)21(24)25)22-19(23)16-6-4-5-13(2)11-16/h4-12H,3H2,1-2H3,(H,22,23)(H,24,25). The lowest BCUT2D eigenvalue weighted by Crippen LogP contribution is -2.13. The normalized spacial score (nSPS) is 10.5. The van der Waals surface area contributed by atoms with Crippen LogP contribution in [0.5, 0.6) is 0 Å². The van der Waals surface area contributed by atoms with Crippen molar-refractivity contribution in [2.45, 2.75) is 20.3 Å². The Morgan fingerprint density at radius 3 is 2.46 bits per heavy atom. The number of thiophene rings is 1. The number of carboxylic acid groups (broad SMARTS) is 1. The number of hydrogen-bond donors (Lipinski definition) is 2. The molecule has 0 aliphatic rings. The lowest BCUT2D eigenvalue weighted by Gasteiger charge is -2.07. The van der Waals surface area contributed by atoms with Gasteiger partial charge in [-0.05, 0) is 36.6 Å². The van der Waals surface area contributed by atoms with Crippen LogP contribution in [0.4, 0.5) is 5.00 Å². The summed E-state index contributed by atoms with van der Waals surface area (Å²) < 4.78 is 0. The fraction of sp³-hybridized carbons (Fsp3) is 0.143. The maximum absolute atomic E-state index is 12.5. The van der Waals surface area contributed by atoms with Crippen molar-refractivity contribution in [3.63, 3.8) is 0 Å². The molecular weight excluding hydrogens is 346 g/mol. The number of anilines is 1. The number of carboxylic acids is 1. The molecule has 1 heterocycles. The first kappa shape index (κ1) is 17.9. The van der Waals surface area contributed by atoms with Gasteiger partial charge in [0.25, 0.3) is 5.91 Å². The van der Waals surface area contributed by atoms with Crippen LogP contribution >= 0.6 is 11.3 Å². The number of carbonyl (C=O) groups excluding carboxylic acids is 1. The molecule has 3 aromatic rings. The molecule has 132 valence electrons. The second kappa shape index (κ2) is 7.54. The van der Waals surface area contributed by atoms with Gasteiger partial charge < -0.3 is 10.4 Å². The molecule has 0 fully saturated rings. The third-order valence-electron chi connectivity index (χ3n) is 4.19. The van der Waals surface area contributed by atoms with Crippen LogP contribution in [0.25, 0.3) is 11.1 Å². The van der Waals surface area contributed by atoms with Gasteiger partial charge in [0, 0.05) is 16.5 Å². The highest BCUT2D eigenvalue weighted by atomic mass is 32.1. The Morgan fingerprint density at radius 1 is 1.12 bits per heavy atom. The summed E-state index contributed by atoms with van der Waals surface area (Å²) in [5.41, 5.74) is 4.23. The van der Waals surface area contributed by atoms with Crippen LogP contribution in [-0.2, 0) is 6.42 Å². The quantitative estimate of drug-likeness (QED) is 0.650. The number of aryl methyl sites for hydroxylation is 2. The molecule has 2 N–H and O–H groups in total. The first-order chi connectivity index (χ1) is 12.5. The second-order valence-corrected chi connectivity index (χ2v) is 6.91. The molecule has 1 aromatic heterocycles. The summed E-state index contributed by atoms with van der Waals surface area (Å²) >= 11 is 1.22. The third kappa shape index (κ3) is 3.68. The fourth-order valence-electron chi connectivity index (χ4n) is 2.76. The molecule has 0 atom stereocenters. The number of carbonyl (C=O) groups is 2. The van der Waals surface area contributed by atoms with Gasteiger partial charge in [0.1, 0.15) is 10.6 Å². The van der Waals surface area contributed by atoms with Gasteiger partial charge in [0.05, 0.1) is 0 Å². The summed E-state index contributed by atoms with van der Waals surface area (Å²) in [6.07, 6.45) is 0.924. The summed E-state index contributed by atoms with van der Waals surface area (Å²) in [5.74, 6) is -1.37. The minimum atomic E-state index is -1.06. The maximum Gasteiger partial charge on any atom is 0.339 e. The Labute approximate surface area is 156 Å². The van der Waals surface area contributed by atoms with Gasteiger partial charge in [0.15, 0.2) is 0 Å². The van der Waals surface area contributed by atoms with E-state index in [2.05, 4.69) is 12.2 Å². The number of hydrogen-bond acceptors (Lipinski definition) is 3. The molecule has 0 bridgehead atoms. The van der Waals surface area contributed by atoms with Crippen molar-refractivity contribution in [2.24, 2.45) is 0 Å². The predicted octanol–water partition coefficient (Wildman–Crippen LogP) is 5.24. The molecule has 26 heavy (non-hydrogen) atoms.